The van der Waals surface area contributed by atoms with Crippen LogP contribution >= 0.6 is 11.6 Å². The van der Waals surface area contributed by atoms with Crippen LogP contribution in [0.4, 0.5) is 11.9 Å². The molecule has 0 aliphatic carbocycles. The lowest BCUT2D eigenvalue weighted by Crippen LogP contribution is -2.36. The number of halogens is 1. The number of aromatic nitrogens is 3. The van der Waals surface area contributed by atoms with Crippen molar-refractivity contribution in [2.45, 2.75) is 32.3 Å². The largest absolute Gasteiger partial charge is 0.388 e. The molecule has 2 N–H and O–H groups in total. The average molecular weight is 274 g/mol. The van der Waals surface area contributed by atoms with Gasteiger partial charge in [0, 0.05) is 20.6 Å². The second-order valence-corrected chi connectivity index (χ2v) is 4.75. The van der Waals surface area contributed by atoms with Gasteiger partial charge in [0.1, 0.15) is 0 Å². The highest BCUT2D eigenvalue weighted by atomic mass is 35.5. The van der Waals surface area contributed by atoms with Crippen molar-refractivity contribution < 1.29 is 5.11 Å². The molecular formula is C11H20ClN5O. The number of anilines is 2. The third kappa shape index (κ3) is 3.96. The Hall–Kier alpha value is -1.14. The first-order valence-corrected chi connectivity index (χ1v) is 6.33. The van der Waals surface area contributed by atoms with Crippen LogP contribution in [0, 0.1) is 0 Å². The van der Waals surface area contributed by atoms with Gasteiger partial charge in [-0.05, 0) is 24.4 Å². The van der Waals surface area contributed by atoms with Crippen molar-refractivity contribution in [2.24, 2.45) is 0 Å². The first kappa shape index (κ1) is 14.9. The van der Waals surface area contributed by atoms with Crippen LogP contribution in [0.15, 0.2) is 0 Å². The fourth-order valence-corrected chi connectivity index (χ4v) is 1.52. The summed E-state index contributed by atoms with van der Waals surface area (Å²) >= 11 is 5.82. The fourth-order valence-electron chi connectivity index (χ4n) is 1.36. The summed E-state index contributed by atoms with van der Waals surface area (Å²) in [6, 6.07) is 0. The first-order valence-electron chi connectivity index (χ1n) is 5.95. The topological polar surface area (TPSA) is 74.2 Å². The highest BCUT2D eigenvalue weighted by Gasteiger charge is 2.22. The van der Waals surface area contributed by atoms with Crippen LogP contribution in [0.5, 0.6) is 0 Å². The second-order valence-electron chi connectivity index (χ2n) is 4.41. The quantitative estimate of drug-likeness (QED) is 0.819. The molecule has 0 radical (unpaired) electrons. The van der Waals surface area contributed by atoms with Gasteiger partial charge in [0.2, 0.25) is 17.2 Å². The lowest BCUT2D eigenvalue weighted by atomic mass is 9.98. The predicted octanol–water partition coefficient (Wildman–Crippen LogP) is 1.55. The summed E-state index contributed by atoms with van der Waals surface area (Å²) in [4.78, 5) is 13.9. The molecule has 18 heavy (non-hydrogen) atoms. The number of nitrogens with one attached hydrogen (secondary N) is 1. The molecule has 0 bridgehead atoms. The van der Waals surface area contributed by atoms with Crippen molar-refractivity contribution in [3.8, 4) is 0 Å². The van der Waals surface area contributed by atoms with Crippen molar-refractivity contribution in [1.29, 1.82) is 0 Å². The summed E-state index contributed by atoms with van der Waals surface area (Å²) in [5.41, 5.74) is -0.753. The Morgan fingerprint density at radius 3 is 2.33 bits per heavy atom. The summed E-state index contributed by atoms with van der Waals surface area (Å²) in [5.74, 6) is 0.855. The van der Waals surface area contributed by atoms with Gasteiger partial charge in [0.15, 0.2) is 0 Å². The van der Waals surface area contributed by atoms with E-state index in [1.807, 2.05) is 27.9 Å². The monoisotopic (exact) mass is 273 g/mol. The Labute approximate surface area is 112 Å². The van der Waals surface area contributed by atoms with Crippen molar-refractivity contribution in [3.63, 3.8) is 0 Å². The number of hydrogen-bond donors (Lipinski definition) is 2. The van der Waals surface area contributed by atoms with E-state index in [0.29, 0.717) is 31.3 Å². The zero-order chi connectivity index (χ0) is 13.8. The number of rotatable bonds is 6. The van der Waals surface area contributed by atoms with Gasteiger partial charge in [-0.15, -0.1) is 0 Å². The third-order valence-electron chi connectivity index (χ3n) is 2.89. The van der Waals surface area contributed by atoms with Gasteiger partial charge in [0.05, 0.1) is 5.60 Å². The van der Waals surface area contributed by atoms with E-state index in [2.05, 4.69) is 20.3 Å². The standard InChI is InChI=1S/C11H20ClN5O/c1-5-11(18,6-2)7-13-9-14-8(12)15-10(16-9)17(3)4/h18H,5-7H2,1-4H3,(H,13,14,15,16). The lowest BCUT2D eigenvalue weighted by molar-refractivity contribution is 0.0455. The molecule has 0 fully saturated rings. The van der Waals surface area contributed by atoms with E-state index in [-0.39, 0.29) is 5.28 Å². The summed E-state index contributed by atoms with van der Waals surface area (Å²) < 4.78 is 0. The molecule has 0 unspecified atom stereocenters. The second kappa shape index (κ2) is 6.15. The maximum Gasteiger partial charge on any atom is 0.230 e. The molecule has 1 aromatic heterocycles. The molecule has 0 spiro atoms. The van der Waals surface area contributed by atoms with E-state index in [1.165, 1.54) is 0 Å². The number of nitrogens with zero attached hydrogens (tertiary/aromatic N) is 4. The van der Waals surface area contributed by atoms with Crippen molar-refractivity contribution in [3.05, 3.63) is 5.28 Å². The Morgan fingerprint density at radius 1 is 1.22 bits per heavy atom. The Balaban J connectivity index is 2.79. The summed E-state index contributed by atoms with van der Waals surface area (Å²) in [7, 11) is 3.65. The number of hydrogen-bond acceptors (Lipinski definition) is 6. The molecule has 6 nitrogen and oxygen atoms in total. The van der Waals surface area contributed by atoms with Gasteiger partial charge in [-0.2, -0.15) is 15.0 Å². The number of aliphatic hydroxyl groups is 1. The van der Waals surface area contributed by atoms with Crippen molar-refractivity contribution in [2.75, 3.05) is 30.9 Å². The van der Waals surface area contributed by atoms with Gasteiger partial charge < -0.3 is 15.3 Å². The Kier molecular flexibility index (Phi) is 5.10. The minimum atomic E-state index is -0.753. The van der Waals surface area contributed by atoms with E-state index in [9.17, 15) is 5.11 Å². The average Bonchev–Trinajstić information content (AvgIpc) is 2.35. The molecule has 0 aliphatic rings. The maximum atomic E-state index is 10.2. The normalized spacial score (nSPS) is 11.4. The van der Waals surface area contributed by atoms with E-state index < -0.39 is 5.60 Å². The molecule has 102 valence electrons. The van der Waals surface area contributed by atoms with Crippen LogP contribution in [0.2, 0.25) is 5.28 Å². The van der Waals surface area contributed by atoms with E-state index >= 15 is 0 Å². The summed E-state index contributed by atoms with van der Waals surface area (Å²) in [5, 5.41) is 13.3. The molecule has 7 heteroatoms. The fraction of sp³-hybridized carbons (Fsp3) is 0.727. The van der Waals surface area contributed by atoms with E-state index in [4.69, 9.17) is 11.6 Å². The molecule has 0 aromatic carbocycles. The molecule has 0 atom stereocenters. The van der Waals surface area contributed by atoms with Crippen LogP contribution in [0.3, 0.4) is 0 Å². The maximum absolute atomic E-state index is 10.2. The van der Waals surface area contributed by atoms with Gasteiger partial charge in [-0.25, -0.2) is 0 Å². The van der Waals surface area contributed by atoms with Crippen molar-refractivity contribution >= 4 is 23.5 Å². The Morgan fingerprint density at radius 2 is 1.83 bits per heavy atom. The van der Waals surface area contributed by atoms with Gasteiger partial charge >= 0.3 is 0 Å². The highest BCUT2D eigenvalue weighted by Crippen LogP contribution is 2.16. The van der Waals surface area contributed by atoms with Crippen LogP contribution in [0.25, 0.3) is 0 Å². The molecule has 1 aromatic rings. The third-order valence-corrected chi connectivity index (χ3v) is 3.06. The SMILES string of the molecule is CCC(O)(CC)CNc1nc(Cl)nc(N(C)C)n1. The summed E-state index contributed by atoms with van der Waals surface area (Å²) in [6.45, 7) is 4.26. The minimum Gasteiger partial charge on any atom is -0.388 e. The molecule has 0 saturated carbocycles. The lowest BCUT2D eigenvalue weighted by Gasteiger charge is -2.25. The zero-order valence-electron chi connectivity index (χ0n) is 11.2. The van der Waals surface area contributed by atoms with Crippen LogP contribution in [-0.2, 0) is 0 Å². The molecule has 0 amide bonds. The first-order chi connectivity index (χ1) is 8.40. The molecular weight excluding hydrogens is 254 g/mol. The van der Waals surface area contributed by atoms with Gasteiger partial charge in [0.25, 0.3) is 0 Å². The minimum absolute atomic E-state index is 0.132. The van der Waals surface area contributed by atoms with E-state index in [1.54, 1.807) is 4.90 Å². The van der Waals surface area contributed by atoms with Gasteiger partial charge in [-0.1, -0.05) is 13.8 Å². The predicted molar refractivity (Wildman–Crippen MR) is 73.2 cm³/mol. The summed E-state index contributed by atoms with van der Waals surface area (Å²) in [6.07, 6.45) is 1.33. The van der Waals surface area contributed by atoms with Gasteiger partial charge in [-0.3, -0.25) is 0 Å². The molecule has 1 heterocycles. The zero-order valence-corrected chi connectivity index (χ0v) is 12.0. The molecule has 0 aliphatic heterocycles. The van der Waals surface area contributed by atoms with Crippen LogP contribution in [0.1, 0.15) is 26.7 Å². The highest BCUT2D eigenvalue weighted by molar-refractivity contribution is 6.28. The van der Waals surface area contributed by atoms with Crippen LogP contribution in [-0.4, -0.2) is 46.3 Å². The Bertz CT molecular complexity index is 395. The van der Waals surface area contributed by atoms with Crippen molar-refractivity contribution in [1.82, 2.24) is 15.0 Å². The smallest absolute Gasteiger partial charge is 0.230 e. The van der Waals surface area contributed by atoms with Crippen LogP contribution < -0.4 is 10.2 Å². The van der Waals surface area contributed by atoms with E-state index in [0.717, 1.165) is 0 Å². The molecule has 0 saturated heterocycles. The molecule has 1 rings (SSSR count).